The molecule has 0 saturated carbocycles. The van der Waals surface area contributed by atoms with Crippen molar-refractivity contribution in [1.29, 1.82) is 0 Å². The van der Waals surface area contributed by atoms with Gasteiger partial charge in [0.25, 0.3) is 5.91 Å². The lowest BCUT2D eigenvalue weighted by Gasteiger charge is -2.32. The van der Waals surface area contributed by atoms with Gasteiger partial charge in [-0.05, 0) is 59.7 Å². The maximum absolute atomic E-state index is 14.2. The lowest BCUT2D eigenvalue weighted by Crippen LogP contribution is -2.43. The Labute approximate surface area is 248 Å². The topological polar surface area (TPSA) is 75.6 Å². The number of anilines is 1. The Hall–Kier alpha value is -3.56. The molecule has 0 spiro atoms. The number of carbonyl (C=O) groups is 2. The zero-order valence-electron chi connectivity index (χ0n) is 21.2. The minimum absolute atomic E-state index is 0.0449. The first-order valence-corrected chi connectivity index (χ1v) is 13.1. The van der Waals surface area contributed by atoms with Crippen LogP contribution in [0.2, 0.25) is 15.1 Å². The summed E-state index contributed by atoms with van der Waals surface area (Å²) in [5, 5.41) is 13.3. The number of nitrogens with one attached hydrogen (secondary N) is 1. The highest BCUT2D eigenvalue weighted by molar-refractivity contribution is 6.36. The van der Waals surface area contributed by atoms with Crippen molar-refractivity contribution in [3.05, 3.63) is 128 Å². The Bertz CT molecular complexity index is 1570. The third-order valence-electron chi connectivity index (χ3n) is 6.37. The van der Waals surface area contributed by atoms with E-state index in [0.717, 1.165) is 24.3 Å². The first-order valence-electron chi connectivity index (χ1n) is 12.0. The van der Waals surface area contributed by atoms with Gasteiger partial charge in [0.1, 0.15) is 0 Å². The summed E-state index contributed by atoms with van der Waals surface area (Å²) in [5.74, 6) is -0.870. The molecule has 0 saturated heterocycles. The van der Waals surface area contributed by atoms with E-state index in [1.807, 2.05) is 0 Å². The molecule has 0 aliphatic heterocycles. The van der Waals surface area contributed by atoms with Crippen molar-refractivity contribution in [2.75, 3.05) is 12.4 Å². The standard InChI is InChI=1S/C30H21Cl3F3NO4/c1-41-27-21(8-5-9-25(27)37-28(39)17-6-3-2-4-7-17)26(38)16-22-23(32)14-19(15-24(22)33)29(40,30(34,35)36)18-10-12-20(31)13-11-18/h2-15,40H,16H2,1H3,(H,37,39). The summed E-state index contributed by atoms with van der Waals surface area (Å²) in [4.78, 5) is 26.0. The number of hydrogen-bond donors (Lipinski definition) is 2. The molecule has 1 amide bonds. The molecule has 212 valence electrons. The number of para-hydroxylation sites is 1. The van der Waals surface area contributed by atoms with Crippen LogP contribution in [-0.2, 0) is 12.0 Å². The van der Waals surface area contributed by atoms with Crippen molar-refractivity contribution in [2.24, 2.45) is 0 Å². The van der Waals surface area contributed by atoms with Gasteiger partial charge in [-0.1, -0.05) is 71.2 Å². The largest absolute Gasteiger partial charge is 0.494 e. The smallest absolute Gasteiger partial charge is 0.425 e. The molecule has 1 unspecified atom stereocenters. The maximum Gasteiger partial charge on any atom is 0.425 e. The van der Waals surface area contributed by atoms with E-state index in [2.05, 4.69) is 5.32 Å². The molecule has 0 bridgehead atoms. The molecule has 5 nitrogen and oxygen atoms in total. The molecule has 0 aliphatic rings. The summed E-state index contributed by atoms with van der Waals surface area (Å²) < 4.78 is 48.1. The highest BCUT2D eigenvalue weighted by Crippen LogP contribution is 2.46. The molecule has 0 aromatic heterocycles. The molecular formula is C30H21Cl3F3NO4. The Kier molecular flexibility index (Phi) is 8.99. The zero-order valence-corrected chi connectivity index (χ0v) is 23.5. The van der Waals surface area contributed by atoms with Crippen LogP contribution in [0.3, 0.4) is 0 Å². The second-order valence-corrected chi connectivity index (χ2v) is 10.2. The molecule has 41 heavy (non-hydrogen) atoms. The predicted octanol–water partition coefficient (Wildman–Crippen LogP) is 8.13. The van der Waals surface area contributed by atoms with E-state index < -0.39 is 41.0 Å². The van der Waals surface area contributed by atoms with Crippen LogP contribution in [0.5, 0.6) is 5.75 Å². The predicted molar refractivity (Wildman–Crippen MR) is 152 cm³/mol. The molecule has 2 N–H and O–H groups in total. The quantitative estimate of drug-likeness (QED) is 0.195. The molecule has 4 rings (SSSR count). The van der Waals surface area contributed by atoms with Crippen LogP contribution < -0.4 is 10.1 Å². The van der Waals surface area contributed by atoms with Gasteiger partial charge in [0, 0.05) is 32.6 Å². The number of rotatable bonds is 8. The molecule has 0 radical (unpaired) electrons. The fraction of sp³-hybridized carbons (Fsp3) is 0.133. The third-order valence-corrected chi connectivity index (χ3v) is 7.30. The van der Waals surface area contributed by atoms with Crippen LogP contribution in [0.25, 0.3) is 0 Å². The van der Waals surface area contributed by atoms with Crippen molar-refractivity contribution in [2.45, 2.75) is 18.2 Å². The number of amides is 1. The molecule has 0 heterocycles. The van der Waals surface area contributed by atoms with Gasteiger partial charge in [0.2, 0.25) is 5.60 Å². The highest BCUT2D eigenvalue weighted by atomic mass is 35.5. The Morgan fingerprint density at radius 2 is 1.46 bits per heavy atom. The fourth-order valence-corrected chi connectivity index (χ4v) is 5.03. The number of methoxy groups -OCH3 is 1. The van der Waals surface area contributed by atoms with Gasteiger partial charge in [0.15, 0.2) is 11.5 Å². The van der Waals surface area contributed by atoms with Crippen molar-refractivity contribution in [3.8, 4) is 5.75 Å². The summed E-state index contributed by atoms with van der Waals surface area (Å²) in [7, 11) is 1.33. The van der Waals surface area contributed by atoms with Crippen LogP contribution in [-0.4, -0.2) is 30.1 Å². The van der Waals surface area contributed by atoms with E-state index >= 15 is 0 Å². The summed E-state index contributed by atoms with van der Waals surface area (Å²) in [6.45, 7) is 0. The Morgan fingerprint density at radius 1 is 0.854 bits per heavy atom. The summed E-state index contributed by atoms with van der Waals surface area (Å²) >= 11 is 18.5. The van der Waals surface area contributed by atoms with E-state index in [9.17, 15) is 27.9 Å². The van der Waals surface area contributed by atoms with Crippen LogP contribution in [0.15, 0.2) is 84.9 Å². The van der Waals surface area contributed by atoms with Gasteiger partial charge in [-0.15, -0.1) is 0 Å². The maximum atomic E-state index is 14.2. The average molecular weight is 623 g/mol. The number of ether oxygens (including phenoxy) is 1. The monoisotopic (exact) mass is 621 g/mol. The second kappa shape index (κ2) is 12.1. The number of hydrogen-bond acceptors (Lipinski definition) is 4. The van der Waals surface area contributed by atoms with Crippen LogP contribution in [0.4, 0.5) is 18.9 Å². The van der Waals surface area contributed by atoms with Crippen molar-refractivity contribution in [3.63, 3.8) is 0 Å². The molecule has 1 atom stereocenters. The Morgan fingerprint density at radius 3 is 2.02 bits per heavy atom. The summed E-state index contributed by atoms with van der Waals surface area (Å²) in [6.07, 6.45) is -5.56. The fourth-order valence-electron chi connectivity index (χ4n) is 4.28. The number of carbonyl (C=O) groups excluding carboxylic acids is 2. The third kappa shape index (κ3) is 6.21. The van der Waals surface area contributed by atoms with E-state index in [-0.39, 0.29) is 37.6 Å². The number of alkyl halides is 3. The summed E-state index contributed by atoms with van der Waals surface area (Å²) in [6, 6.07) is 19.4. The van der Waals surface area contributed by atoms with Gasteiger partial charge in [-0.2, -0.15) is 13.2 Å². The molecule has 4 aromatic rings. The molecule has 11 heteroatoms. The summed E-state index contributed by atoms with van der Waals surface area (Å²) in [5.41, 5.74) is -3.83. The molecule has 0 fully saturated rings. The van der Waals surface area contributed by atoms with Crippen LogP contribution in [0.1, 0.15) is 37.4 Å². The lowest BCUT2D eigenvalue weighted by atomic mass is 9.85. The van der Waals surface area contributed by atoms with Gasteiger partial charge in [-0.3, -0.25) is 9.59 Å². The van der Waals surface area contributed by atoms with Gasteiger partial charge < -0.3 is 15.2 Å². The number of Topliss-reactive ketones (excluding diaryl/α,β-unsaturated/α-hetero) is 1. The van der Waals surface area contributed by atoms with E-state index in [0.29, 0.717) is 5.56 Å². The van der Waals surface area contributed by atoms with Gasteiger partial charge in [-0.25, -0.2) is 0 Å². The van der Waals surface area contributed by atoms with E-state index in [1.165, 1.54) is 31.4 Å². The lowest BCUT2D eigenvalue weighted by molar-refractivity contribution is -0.248. The van der Waals surface area contributed by atoms with Crippen molar-refractivity contribution < 1.29 is 32.6 Å². The van der Waals surface area contributed by atoms with E-state index in [1.54, 1.807) is 36.4 Å². The minimum atomic E-state index is -5.15. The molecule has 0 aliphatic carbocycles. The van der Waals surface area contributed by atoms with Crippen LogP contribution in [0, 0.1) is 0 Å². The molecular weight excluding hydrogens is 602 g/mol. The zero-order chi connectivity index (χ0) is 29.9. The first-order chi connectivity index (χ1) is 19.4. The first kappa shape index (κ1) is 30.4. The SMILES string of the molecule is COc1c(NC(=O)c2ccccc2)cccc1C(=O)Cc1c(Cl)cc(C(O)(c2ccc(Cl)cc2)C(F)(F)F)cc1Cl. The number of halogens is 6. The Balaban J connectivity index is 1.67. The van der Waals surface area contributed by atoms with Crippen molar-refractivity contribution in [1.82, 2.24) is 0 Å². The second-order valence-electron chi connectivity index (χ2n) is 8.94. The highest BCUT2D eigenvalue weighted by Gasteiger charge is 2.56. The minimum Gasteiger partial charge on any atom is -0.494 e. The normalized spacial score (nSPS) is 12.9. The average Bonchev–Trinajstić information content (AvgIpc) is 2.94. The van der Waals surface area contributed by atoms with Gasteiger partial charge >= 0.3 is 6.18 Å². The van der Waals surface area contributed by atoms with E-state index in [4.69, 9.17) is 39.5 Å². The number of ketones is 1. The molecule has 4 aromatic carbocycles. The number of benzene rings is 4. The van der Waals surface area contributed by atoms with Crippen molar-refractivity contribution >= 4 is 52.2 Å². The van der Waals surface area contributed by atoms with Gasteiger partial charge in [0.05, 0.1) is 18.4 Å². The van der Waals surface area contributed by atoms with Crippen LogP contribution >= 0.6 is 34.8 Å². The number of aliphatic hydroxyl groups is 1.